The first-order valence-corrected chi connectivity index (χ1v) is 14.1. The Bertz CT molecular complexity index is 1210. The van der Waals surface area contributed by atoms with Gasteiger partial charge in [-0.1, -0.05) is 6.07 Å². The molecule has 2 aliphatic rings. The highest BCUT2D eigenvalue weighted by Crippen LogP contribution is 2.48. The molecule has 2 aromatic rings. The maximum atomic E-state index is 14.4. The van der Waals surface area contributed by atoms with Crippen LogP contribution in [-0.4, -0.2) is 84.0 Å². The second kappa shape index (κ2) is 14.1. The number of nitrogens with zero attached hydrogens (tertiary/aromatic N) is 3. The average molecular weight is 578 g/mol. The normalized spacial score (nSPS) is 16.9. The van der Waals surface area contributed by atoms with E-state index in [1.54, 1.807) is 0 Å². The van der Waals surface area contributed by atoms with Crippen molar-refractivity contribution in [3.63, 3.8) is 0 Å². The van der Waals surface area contributed by atoms with Gasteiger partial charge < -0.3 is 25.4 Å². The van der Waals surface area contributed by atoms with E-state index in [0.717, 1.165) is 56.4 Å². The number of hydrogen-bond donors (Lipinski definition) is 3. The Morgan fingerprint density at radius 3 is 2.73 bits per heavy atom. The van der Waals surface area contributed by atoms with Crippen LogP contribution in [-0.2, 0) is 32.6 Å². The van der Waals surface area contributed by atoms with Crippen molar-refractivity contribution in [2.75, 3.05) is 45.3 Å². The number of carbonyl (C=O) groups is 2. The van der Waals surface area contributed by atoms with Crippen LogP contribution in [0.15, 0.2) is 24.4 Å². The van der Waals surface area contributed by atoms with Crippen LogP contribution in [0, 0.1) is 11.6 Å². The molecule has 9 nitrogen and oxygen atoms in total. The van der Waals surface area contributed by atoms with Gasteiger partial charge in [-0.25, -0.2) is 22.9 Å². The van der Waals surface area contributed by atoms with E-state index < -0.39 is 47.7 Å². The molecule has 0 aromatic carbocycles. The van der Waals surface area contributed by atoms with Crippen LogP contribution < -0.4 is 10.6 Å². The molecular formula is C29H38F3N5O4. The van der Waals surface area contributed by atoms with Crippen molar-refractivity contribution in [3.05, 3.63) is 53.0 Å². The van der Waals surface area contributed by atoms with Crippen molar-refractivity contribution >= 4 is 17.7 Å². The predicted octanol–water partition coefficient (Wildman–Crippen LogP) is 3.41. The number of halogens is 3. The van der Waals surface area contributed by atoms with Gasteiger partial charge in [-0.2, -0.15) is 0 Å². The zero-order chi connectivity index (χ0) is 29.4. The van der Waals surface area contributed by atoms with Crippen LogP contribution in [0.1, 0.15) is 55.5 Å². The molecule has 0 spiro atoms. The molecule has 1 aliphatic carbocycles. The monoisotopic (exact) mass is 577 g/mol. The van der Waals surface area contributed by atoms with E-state index in [-0.39, 0.29) is 38.0 Å². The molecule has 0 bridgehead atoms. The SMILES string of the molecule is COC(CF)CN(CCCCc1ccc2c(n1)NCCC2)CCC(NC(=O)C1(c2ncc(F)cc2F)CC1)C(=O)O. The number of hydrogen-bond acceptors (Lipinski definition) is 7. The molecule has 0 saturated heterocycles. The summed E-state index contributed by atoms with van der Waals surface area (Å²) in [7, 11) is 1.43. The summed E-state index contributed by atoms with van der Waals surface area (Å²) in [6.45, 7) is 1.36. The molecule has 2 aromatic heterocycles. The van der Waals surface area contributed by atoms with E-state index in [0.29, 0.717) is 12.6 Å². The van der Waals surface area contributed by atoms with Crippen LogP contribution in [0.4, 0.5) is 19.0 Å². The van der Waals surface area contributed by atoms with Crippen molar-refractivity contribution in [1.29, 1.82) is 0 Å². The van der Waals surface area contributed by atoms with Crippen LogP contribution >= 0.6 is 0 Å². The van der Waals surface area contributed by atoms with E-state index >= 15 is 0 Å². The number of rotatable bonds is 16. The van der Waals surface area contributed by atoms with E-state index in [1.165, 1.54) is 12.7 Å². The lowest BCUT2D eigenvalue weighted by Gasteiger charge is -2.27. The summed E-state index contributed by atoms with van der Waals surface area (Å²) >= 11 is 0. The maximum absolute atomic E-state index is 14.4. The minimum Gasteiger partial charge on any atom is -0.480 e. The molecule has 2 unspecified atom stereocenters. The first-order valence-electron chi connectivity index (χ1n) is 14.1. The molecule has 1 amide bonds. The smallest absolute Gasteiger partial charge is 0.326 e. The standard InChI is InChI=1S/C29H38F3N5O4/c1-41-22(16-30)18-37(13-3-2-6-21-8-7-19-5-4-12-33-26(19)35-21)14-9-24(27(38)39)36-28(40)29(10-11-29)25-23(32)15-20(31)17-34-25/h7-8,15,17,22,24H,2-6,9-14,16,18H2,1H3,(H,33,35)(H,36,40)(H,38,39). The van der Waals surface area contributed by atoms with Crippen LogP contribution in [0.3, 0.4) is 0 Å². The third-order valence-corrected chi connectivity index (χ3v) is 7.86. The second-order valence-corrected chi connectivity index (χ2v) is 10.8. The average Bonchev–Trinajstić information content (AvgIpc) is 3.77. The third kappa shape index (κ3) is 7.94. The number of carbonyl (C=O) groups excluding carboxylic acids is 1. The van der Waals surface area contributed by atoms with E-state index in [2.05, 4.69) is 21.7 Å². The number of aryl methyl sites for hydroxylation is 2. The summed E-state index contributed by atoms with van der Waals surface area (Å²) in [5.41, 5.74) is 0.741. The number of carboxylic acids is 1. The number of amides is 1. The fourth-order valence-electron chi connectivity index (χ4n) is 5.25. The van der Waals surface area contributed by atoms with Gasteiger partial charge in [0.15, 0.2) is 0 Å². The molecule has 3 N–H and O–H groups in total. The summed E-state index contributed by atoms with van der Waals surface area (Å²) in [6.07, 6.45) is 5.33. The van der Waals surface area contributed by atoms with Crippen molar-refractivity contribution < 1.29 is 32.6 Å². The lowest BCUT2D eigenvalue weighted by molar-refractivity contribution is -0.142. The van der Waals surface area contributed by atoms with E-state index in [9.17, 15) is 27.9 Å². The Balaban J connectivity index is 1.32. The summed E-state index contributed by atoms with van der Waals surface area (Å²) in [6, 6.07) is 3.59. The topological polar surface area (TPSA) is 117 Å². The Morgan fingerprint density at radius 2 is 2.05 bits per heavy atom. The van der Waals surface area contributed by atoms with Crippen LogP contribution in [0.5, 0.6) is 0 Å². The highest BCUT2D eigenvalue weighted by molar-refractivity contribution is 5.93. The molecule has 0 radical (unpaired) electrons. The highest BCUT2D eigenvalue weighted by Gasteiger charge is 2.54. The molecule has 224 valence electrons. The molecule has 12 heteroatoms. The van der Waals surface area contributed by atoms with Gasteiger partial charge in [-0.15, -0.1) is 0 Å². The van der Waals surface area contributed by atoms with Crippen molar-refractivity contribution in [3.8, 4) is 0 Å². The number of anilines is 1. The number of methoxy groups -OCH3 is 1. The number of unbranched alkanes of at least 4 members (excludes halogenated alkanes) is 1. The molecule has 41 heavy (non-hydrogen) atoms. The Hall–Kier alpha value is -3.25. The number of pyridine rings is 2. The zero-order valence-electron chi connectivity index (χ0n) is 23.3. The molecule has 4 rings (SSSR count). The molecule has 3 heterocycles. The third-order valence-electron chi connectivity index (χ3n) is 7.86. The van der Waals surface area contributed by atoms with E-state index in [4.69, 9.17) is 9.72 Å². The molecule has 2 atom stereocenters. The van der Waals surface area contributed by atoms with Crippen LogP contribution in [0.2, 0.25) is 0 Å². The second-order valence-electron chi connectivity index (χ2n) is 10.8. The van der Waals surface area contributed by atoms with Gasteiger partial charge in [0.05, 0.1) is 23.4 Å². The first-order chi connectivity index (χ1) is 19.8. The minimum absolute atomic E-state index is 0.0528. The van der Waals surface area contributed by atoms with Gasteiger partial charge in [0.1, 0.15) is 30.2 Å². The van der Waals surface area contributed by atoms with Crippen molar-refractivity contribution in [2.24, 2.45) is 0 Å². The lowest BCUT2D eigenvalue weighted by Crippen LogP contribution is -2.48. The van der Waals surface area contributed by atoms with Crippen LogP contribution in [0.25, 0.3) is 0 Å². The molecule has 1 aliphatic heterocycles. The van der Waals surface area contributed by atoms with Gasteiger partial charge in [0.2, 0.25) is 5.91 Å². The number of carboxylic acid groups (broad SMARTS) is 1. The Labute approximate surface area is 237 Å². The lowest BCUT2D eigenvalue weighted by atomic mass is 9.99. The number of aromatic nitrogens is 2. The molecule has 1 fully saturated rings. The Kier molecular flexibility index (Phi) is 10.5. The van der Waals surface area contributed by atoms with Gasteiger partial charge in [0, 0.05) is 38.5 Å². The Morgan fingerprint density at radius 1 is 1.24 bits per heavy atom. The highest BCUT2D eigenvalue weighted by atomic mass is 19.1. The number of ether oxygens (including phenoxy) is 1. The maximum Gasteiger partial charge on any atom is 0.326 e. The summed E-state index contributed by atoms with van der Waals surface area (Å²) in [4.78, 5) is 35.5. The summed E-state index contributed by atoms with van der Waals surface area (Å²) in [5, 5.41) is 15.7. The molecular weight excluding hydrogens is 539 g/mol. The summed E-state index contributed by atoms with van der Waals surface area (Å²) in [5.74, 6) is -2.73. The van der Waals surface area contributed by atoms with Gasteiger partial charge in [-0.3, -0.25) is 9.78 Å². The van der Waals surface area contributed by atoms with Gasteiger partial charge in [-0.05, 0) is 69.5 Å². The van der Waals surface area contributed by atoms with Crippen molar-refractivity contribution in [1.82, 2.24) is 20.2 Å². The quantitative estimate of drug-likeness (QED) is 0.260. The van der Waals surface area contributed by atoms with Gasteiger partial charge >= 0.3 is 5.97 Å². The number of nitrogens with one attached hydrogen (secondary N) is 2. The largest absolute Gasteiger partial charge is 0.480 e. The minimum atomic E-state index is -1.30. The number of alkyl halides is 1. The van der Waals surface area contributed by atoms with E-state index in [1.807, 2.05) is 11.0 Å². The number of aliphatic carboxylic acids is 1. The zero-order valence-corrected chi connectivity index (χ0v) is 23.3. The predicted molar refractivity (Wildman–Crippen MR) is 146 cm³/mol. The fourth-order valence-corrected chi connectivity index (χ4v) is 5.25. The van der Waals surface area contributed by atoms with Crippen molar-refractivity contribution in [2.45, 2.75) is 68.9 Å². The first kappa shape index (κ1) is 30.7. The summed E-state index contributed by atoms with van der Waals surface area (Å²) < 4.78 is 46.3. The fraction of sp³-hybridized carbons (Fsp3) is 0.586. The number of fused-ring (bicyclic) bond motifs is 1. The van der Waals surface area contributed by atoms with Gasteiger partial charge in [0.25, 0.3) is 0 Å². The molecule has 1 saturated carbocycles.